The number of amides is 1. The van der Waals surface area contributed by atoms with Gasteiger partial charge in [-0.05, 0) is 26.7 Å². The third-order valence-corrected chi connectivity index (χ3v) is 2.82. The number of carbonyl (C=O) groups is 1. The highest BCUT2D eigenvalue weighted by Gasteiger charge is 2.30. The van der Waals surface area contributed by atoms with Gasteiger partial charge in [0, 0.05) is 24.7 Å². The van der Waals surface area contributed by atoms with Gasteiger partial charge in [0.2, 0.25) is 5.91 Å². The second kappa shape index (κ2) is 3.68. The third kappa shape index (κ3) is 2.19. The fraction of sp³-hybridized carbons (Fsp3) is 0.636. The molecule has 0 spiro atoms. The maximum Gasteiger partial charge on any atom is 0.223 e. The van der Waals surface area contributed by atoms with E-state index in [0.717, 1.165) is 24.1 Å². The van der Waals surface area contributed by atoms with Crippen LogP contribution in [0.1, 0.15) is 37.1 Å². The summed E-state index contributed by atoms with van der Waals surface area (Å²) < 4.78 is 1.78. The lowest BCUT2D eigenvalue weighted by molar-refractivity contribution is -0.122. The monoisotopic (exact) mass is 207 g/mol. The van der Waals surface area contributed by atoms with Crippen LogP contribution in [0.25, 0.3) is 0 Å². The molecule has 1 fully saturated rings. The van der Waals surface area contributed by atoms with Gasteiger partial charge in [-0.15, -0.1) is 0 Å². The average Bonchev–Trinajstić information content (AvgIpc) is 2.92. The molecule has 0 saturated heterocycles. The molecule has 82 valence electrons. The first-order valence-electron chi connectivity index (χ1n) is 5.38. The zero-order valence-corrected chi connectivity index (χ0v) is 9.45. The molecular formula is C11H17N3O. The summed E-state index contributed by atoms with van der Waals surface area (Å²) in [7, 11) is 1.89. The standard InChI is InChI=1S/C11H17N3O/c1-7(12-11(15)9-4-5-9)10-6-14(3)13-8(10)2/h6-7,9H,4-5H2,1-3H3,(H,12,15)/t7-/m1/s1. The van der Waals surface area contributed by atoms with Crippen LogP contribution in [0, 0.1) is 12.8 Å². The molecule has 15 heavy (non-hydrogen) atoms. The Morgan fingerprint density at radius 2 is 2.33 bits per heavy atom. The van der Waals surface area contributed by atoms with E-state index in [1.807, 2.05) is 27.1 Å². The number of rotatable bonds is 3. The van der Waals surface area contributed by atoms with Crippen molar-refractivity contribution in [1.29, 1.82) is 0 Å². The molecule has 1 saturated carbocycles. The summed E-state index contributed by atoms with van der Waals surface area (Å²) in [5, 5.41) is 7.29. The Hall–Kier alpha value is -1.32. The highest BCUT2D eigenvalue weighted by atomic mass is 16.2. The Balaban J connectivity index is 2.03. The molecule has 1 N–H and O–H groups in total. The molecule has 4 nitrogen and oxygen atoms in total. The SMILES string of the molecule is Cc1nn(C)cc1[C@@H](C)NC(=O)C1CC1. The van der Waals surface area contributed by atoms with Gasteiger partial charge in [-0.1, -0.05) is 0 Å². The summed E-state index contributed by atoms with van der Waals surface area (Å²) in [5.41, 5.74) is 2.09. The lowest BCUT2D eigenvalue weighted by atomic mass is 10.1. The Labute approximate surface area is 89.7 Å². The molecule has 1 atom stereocenters. The van der Waals surface area contributed by atoms with Crippen molar-refractivity contribution in [2.75, 3.05) is 0 Å². The van der Waals surface area contributed by atoms with Gasteiger partial charge in [-0.3, -0.25) is 9.48 Å². The Kier molecular flexibility index (Phi) is 2.50. The molecule has 2 rings (SSSR count). The van der Waals surface area contributed by atoms with E-state index in [-0.39, 0.29) is 17.9 Å². The predicted molar refractivity (Wildman–Crippen MR) is 57.2 cm³/mol. The van der Waals surface area contributed by atoms with E-state index >= 15 is 0 Å². The fourth-order valence-corrected chi connectivity index (χ4v) is 1.80. The van der Waals surface area contributed by atoms with Gasteiger partial charge >= 0.3 is 0 Å². The van der Waals surface area contributed by atoms with Crippen molar-refractivity contribution in [2.45, 2.75) is 32.7 Å². The number of carbonyl (C=O) groups excluding carboxylic acids is 1. The predicted octanol–water partition coefficient (Wildman–Crippen LogP) is 1.32. The Morgan fingerprint density at radius 1 is 1.67 bits per heavy atom. The quantitative estimate of drug-likeness (QED) is 0.812. The van der Waals surface area contributed by atoms with Crippen molar-refractivity contribution in [3.05, 3.63) is 17.5 Å². The first-order chi connectivity index (χ1) is 7.08. The van der Waals surface area contributed by atoms with Crippen LogP contribution >= 0.6 is 0 Å². The lowest BCUT2D eigenvalue weighted by Crippen LogP contribution is -2.28. The molecule has 4 heteroatoms. The number of aromatic nitrogens is 2. The molecule has 0 unspecified atom stereocenters. The van der Waals surface area contributed by atoms with E-state index in [2.05, 4.69) is 10.4 Å². The summed E-state index contributed by atoms with van der Waals surface area (Å²) in [6.07, 6.45) is 4.06. The molecular weight excluding hydrogens is 190 g/mol. The summed E-state index contributed by atoms with van der Waals surface area (Å²) in [4.78, 5) is 11.6. The second-order valence-corrected chi connectivity index (χ2v) is 4.35. The minimum Gasteiger partial charge on any atom is -0.349 e. The van der Waals surface area contributed by atoms with Crippen LogP contribution in [0.15, 0.2) is 6.20 Å². The molecule has 0 aliphatic heterocycles. The van der Waals surface area contributed by atoms with E-state index in [9.17, 15) is 4.79 Å². The smallest absolute Gasteiger partial charge is 0.223 e. The zero-order valence-electron chi connectivity index (χ0n) is 9.45. The van der Waals surface area contributed by atoms with Gasteiger partial charge in [-0.25, -0.2) is 0 Å². The van der Waals surface area contributed by atoms with Crippen molar-refractivity contribution in [2.24, 2.45) is 13.0 Å². The lowest BCUT2D eigenvalue weighted by Gasteiger charge is -2.12. The maximum atomic E-state index is 11.6. The number of nitrogens with zero attached hydrogens (tertiary/aromatic N) is 2. The van der Waals surface area contributed by atoms with Crippen LogP contribution in [0.2, 0.25) is 0 Å². The number of aryl methyl sites for hydroxylation is 2. The average molecular weight is 207 g/mol. The molecule has 1 aliphatic rings. The number of hydrogen-bond acceptors (Lipinski definition) is 2. The van der Waals surface area contributed by atoms with E-state index in [1.54, 1.807) is 4.68 Å². The van der Waals surface area contributed by atoms with Gasteiger partial charge in [0.15, 0.2) is 0 Å². The largest absolute Gasteiger partial charge is 0.349 e. The molecule has 0 aromatic carbocycles. The van der Waals surface area contributed by atoms with Crippen LogP contribution in [0.4, 0.5) is 0 Å². The summed E-state index contributed by atoms with van der Waals surface area (Å²) >= 11 is 0. The van der Waals surface area contributed by atoms with Gasteiger partial charge in [0.1, 0.15) is 0 Å². The summed E-state index contributed by atoms with van der Waals surface area (Å²) in [6.45, 7) is 3.97. The first kappa shape index (κ1) is 10.2. The van der Waals surface area contributed by atoms with Crippen molar-refractivity contribution >= 4 is 5.91 Å². The molecule has 1 heterocycles. The van der Waals surface area contributed by atoms with Crippen LogP contribution < -0.4 is 5.32 Å². The van der Waals surface area contributed by atoms with Crippen molar-refractivity contribution < 1.29 is 4.79 Å². The molecule has 0 radical (unpaired) electrons. The Bertz CT molecular complexity index is 379. The minimum absolute atomic E-state index is 0.0619. The van der Waals surface area contributed by atoms with E-state index in [4.69, 9.17) is 0 Å². The first-order valence-corrected chi connectivity index (χ1v) is 5.38. The van der Waals surface area contributed by atoms with Crippen LogP contribution in [0.3, 0.4) is 0 Å². The van der Waals surface area contributed by atoms with Gasteiger partial charge in [0.05, 0.1) is 11.7 Å². The molecule has 1 aromatic heterocycles. The topological polar surface area (TPSA) is 46.9 Å². The van der Waals surface area contributed by atoms with Crippen LogP contribution in [-0.4, -0.2) is 15.7 Å². The number of nitrogens with one attached hydrogen (secondary N) is 1. The highest BCUT2D eigenvalue weighted by Crippen LogP contribution is 2.29. The highest BCUT2D eigenvalue weighted by molar-refractivity contribution is 5.81. The van der Waals surface area contributed by atoms with E-state index < -0.39 is 0 Å². The molecule has 0 bridgehead atoms. The fourth-order valence-electron chi connectivity index (χ4n) is 1.80. The number of hydrogen-bond donors (Lipinski definition) is 1. The molecule has 1 aliphatic carbocycles. The van der Waals surface area contributed by atoms with E-state index in [0.29, 0.717) is 0 Å². The minimum atomic E-state index is 0.0619. The maximum absolute atomic E-state index is 11.6. The summed E-state index contributed by atoms with van der Waals surface area (Å²) in [6, 6.07) is 0.0619. The van der Waals surface area contributed by atoms with Gasteiger partial charge in [-0.2, -0.15) is 5.10 Å². The molecule has 1 aromatic rings. The third-order valence-electron chi connectivity index (χ3n) is 2.82. The van der Waals surface area contributed by atoms with Crippen LogP contribution in [-0.2, 0) is 11.8 Å². The summed E-state index contributed by atoms with van der Waals surface area (Å²) in [5.74, 6) is 0.454. The molecule has 1 amide bonds. The van der Waals surface area contributed by atoms with Crippen molar-refractivity contribution in [3.63, 3.8) is 0 Å². The second-order valence-electron chi connectivity index (χ2n) is 4.35. The van der Waals surface area contributed by atoms with Crippen molar-refractivity contribution in [3.8, 4) is 0 Å². The van der Waals surface area contributed by atoms with E-state index in [1.165, 1.54) is 0 Å². The zero-order chi connectivity index (χ0) is 11.0. The van der Waals surface area contributed by atoms with Crippen molar-refractivity contribution in [1.82, 2.24) is 15.1 Å². The van der Waals surface area contributed by atoms with Crippen LogP contribution in [0.5, 0.6) is 0 Å². The van der Waals surface area contributed by atoms with Gasteiger partial charge < -0.3 is 5.32 Å². The van der Waals surface area contributed by atoms with Gasteiger partial charge in [0.25, 0.3) is 0 Å². The Morgan fingerprint density at radius 3 is 2.80 bits per heavy atom. The normalized spacial score (nSPS) is 17.5.